The quantitative estimate of drug-likeness (QED) is 0.185. The van der Waals surface area contributed by atoms with Crippen LogP contribution in [0.1, 0.15) is 39.6 Å². The topological polar surface area (TPSA) is 114 Å². The van der Waals surface area contributed by atoms with Crippen LogP contribution in [0.3, 0.4) is 0 Å². The van der Waals surface area contributed by atoms with Crippen molar-refractivity contribution in [1.82, 2.24) is 5.32 Å². The van der Waals surface area contributed by atoms with Crippen LogP contribution in [0, 0.1) is 0 Å². The minimum Gasteiger partial charge on any atom is -0.497 e. The molecular weight excluding hydrogens is 566 g/mol. The van der Waals surface area contributed by atoms with Gasteiger partial charge in [-0.3, -0.25) is 13.9 Å². The maximum Gasteiger partial charge on any atom is 0.264 e. The molecule has 4 aromatic carbocycles. The van der Waals surface area contributed by atoms with Crippen molar-refractivity contribution in [3.8, 4) is 5.75 Å². The first-order valence-electron chi connectivity index (χ1n) is 13.9. The van der Waals surface area contributed by atoms with E-state index < -0.39 is 15.9 Å². The van der Waals surface area contributed by atoms with Gasteiger partial charge >= 0.3 is 0 Å². The van der Waals surface area contributed by atoms with E-state index in [0.29, 0.717) is 37.6 Å². The number of nitrogens with one attached hydrogen (secondary N) is 2. The van der Waals surface area contributed by atoms with Crippen molar-refractivity contribution in [3.05, 3.63) is 120 Å². The number of carbonyl (C=O) groups is 2. The molecule has 4 rings (SSSR count). The number of rotatable bonds is 14. The second kappa shape index (κ2) is 15.0. The number of sulfonamides is 1. The molecule has 0 aliphatic rings. The van der Waals surface area contributed by atoms with E-state index >= 15 is 0 Å². The van der Waals surface area contributed by atoms with Crippen molar-refractivity contribution in [2.75, 3.05) is 36.5 Å². The van der Waals surface area contributed by atoms with Crippen LogP contribution < -0.4 is 19.7 Å². The zero-order valence-electron chi connectivity index (χ0n) is 24.2. The average Bonchev–Trinajstić information content (AvgIpc) is 3.04. The van der Waals surface area contributed by atoms with E-state index in [1.807, 2.05) is 37.3 Å². The maximum absolute atomic E-state index is 14.1. The van der Waals surface area contributed by atoms with Crippen molar-refractivity contribution in [1.29, 1.82) is 0 Å². The smallest absolute Gasteiger partial charge is 0.264 e. The van der Waals surface area contributed by atoms with Crippen LogP contribution in [0.5, 0.6) is 5.75 Å². The molecule has 0 aromatic heterocycles. The summed E-state index contributed by atoms with van der Waals surface area (Å²) < 4.78 is 39.9. The number of methoxy groups -OCH3 is 1. The van der Waals surface area contributed by atoms with Gasteiger partial charge in [0.05, 0.1) is 41.1 Å². The van der Waals surface area contributed by atoms with Crippen LogP contribution in [0.15, 0.2) is 108 Å². The monoisotopic (exact) mass is 601 g/mol. The molecule has 0 aliphatic heterocycles. The number of carbonyl (C=O) groups excluding carboxylic acids is 2. The van der Waals surface area contributed by atoms with Gasteiger partial charge in [0.2, 0.25) is 0 Å². The molecule has 0 saturated heterocycles. The molecule has 43 heavy (non-hydrogen) atoms. The van der Waals surface area contributed by atoms with Crippen LogP contribution in [0.2, 0.25) is 0 Å². The molecule has 0 unspecified atom stereocenters. The molecule has 0 saturated carbocycles. The summed E-state index contributed by atoms with van der Waals surface area (Å²) in [6.07, 6.45) is 0.654. The number of benzene rings is 4. The normalized spacial score (nSPS) is 11.0. The van der Waals surface area contributed by atoms with Gasteiger partial charge in [-0.25, -0.2) is 8.42 Å². The Morgan fingerprint density at radius 1 is 0.791 bits per heavy atom. The summed E-state index contributed by atoms with van der Waals surface area (Å²) in [6, 6.07) is 28.4. The second-order valence-electron chi connectivity index (χ2n) is 9.50. The van der Waals surface area contributed by atoms with E-state index in [9.17, 15) is 18.0 Å². The molecule has 9 nitrogen and oxygen atoms in total. The van der Waals surface area contributed by atoms with Gasteiger partial charge < -0.3 is 20.1 Å². The number of anilines is 2. The Labute approximate surface area is 252 Å². The summed E-state index contributed by atoms with van der Waals surface area (Å²) in [6.45, 7) is 3.45. The molecule has 0 radical (unpaired) electrons. The zero-order chi connectivity index (χ0) is 30.7. The Morgan fingerprint density at radius 2 is 1.44 bits per heavy atom. The van der Waals surface area contributed by atoms with Gasteiger partial charge in [-0.2, -0.15) is 0 Å². The molecular formula is C33H35N3O6S. The van der Waals surface area contributed by atoms with Crippen molar-refractivity contribution in [2.24, 2.45) is 0 Å². The third kappa shape index (κ3) is 8.00. The summed E-state index contributed by atoms with van der Waals surface area (Å²) in [5, 5.41) is 5.67. The molecule has 0 fully saturated rings. The highest BCUT2D eigenvalue weighted by atomic mass is 32.2. The number of amides is 2. The summed E-state index contributed by atoms with van der Waals surface area (Å²) in [5.41, 5.74) is 1.65. The van der Waals surface area contributed by atoms with Crippen LogP contribution in [0.4, 0.5) is 11.4 Å². The van der Waals surface area contributed by atoms with Crippen LogP contribution in [-0.4, -0.2) is 47.1 Å². The lowest BCUT2D eigenvalue weighted by molar-refractivity contribution is 0.0945. The Balaban J connectivity index is 1.66. The van der Waals surface area contributed by atoms with E-state index in [4.69, 9.17) is 9.47 Å². The van der Waals surface area contributed by atoms with E-state index in [0.717, 1.165) is 5.56 Å². The molecule has 0 aliphatic carbocycles. The first-order chi connectivity index (χ1) is 20.8. The molecule has 2 N–H and O–H groups in total. The fourth-order valence-electron chi connectivity index (χ4n) is 4.40. The SMILES string of the molecule is CCOCCCNC(=O)c1ccccc1NC(=O)c1ccccc1N(Cc1ccccc1)S(=O)(=O)c1ccc(OC)cc1. The molecule has 0 spiro atoms. The molecule has 0 heterocycles. The minimum absolute atomic E-state index is 0.0137. The first-order valence-corrected chi connectivity index (χ1v) is 15.3. The third-order valence-electron chi connectivity index (χ3n) is 6.61. The van der Waals surface area contributed by atoms with Crippen LogP contribution in [-0.2, 0) is 21.3 Å². The van der Waals surface area contributed by atoms with Crippen molar-refractivity contribution in [2.45, 2.75) is 24.8 Å². The predicted molar refractivity (Wildman–Crippen MR) is 167 cm³/mol. The standard InChI is InChI=1S/C33H35N3O6S/c1-3-42-23-11-22-34-32(37)28-14-7-9-16-30(28)35-33(38)29-15-8-10-17-31(29)36(24-25-12-5-4-6-13-25)43(39,40)27-20-18-26(41-2)19-21-27/h4-10,12-21H,3,11,22-24H2,1-2H3,(H,34,37)(H,35,38). The van der Waals surface area contributed by atoms with Crippen molar-refractivity contribution >= 4 is 33.2 Å². The summed E-state index contributed by atoms with van der Waals surface area (Å²) in [5.74, 6) is -0.381. The van der Waals surface area contributed by atoms with Gasteiger partial charge in [0.15, 0.2) is 0 Å². The molecule has 0 bridgehead atoms. The summed E-state index contributed by atoms with van der Waals surface area (Å²) in [7, 11) is -2.62. The largest absolute Gasteiger partial charge is 0.497 e. The molecule has 0 atom stereocenters. The van der Waals surface area contributed by atoms with Crippen LogP contribution >= 0.6 is 0 Å². The highest BCUT2D eigenvalue weighted by Crippen LogP contribution is 2.31. The van der Waals surface area contributed by atoms with Gasteiger partial charge in [0.1, 0.15) is 5.75 Å². The highest BCUT2D eigenvalue weighted by molar-refractivity contribution is 7.92. The number of nitrogens with zero attached hydrogens (tertiary/aromatic N) is 1. The Bertz CT molecular complexity index is 1630. The first kappa shape index (κ1) is 31.3. The van der Waals surface area contributed by atoms with E-state index in [2.05, 4.69) is 10.6 Å². The van der Waals surface area contributed by atoms with E-state index in [1.165, 1.54) is 23.5 Å². The van der Waals surface area contributed by atoms with Gasteiger partial charge in [-0.05, 0) is 67.4 Å². The highest BCUT2D eigenvalue weighted by Gasteiger charge is 2.29. The average molecular weight is 602 g/mol. The summed E-state index contributed by atoms with van der Waals surface area (Å²) >= 11 is 0. The number of hydrogen-bond donors (Lipinski definition) is 2. The number of ether oxygens (including phenoxy) is 2. The third-order valence-corrected chi connectivity index (χ3v) is 8.38. The second-order valence-corrected chi connectivity index (χ2v) is 11.4. The lowest BCUT2D eigenvalue weighted by Crippen LogP contribution is -2.32. The van der Waals surface area contributed by atoms with Gasteiger partial charge in [-0.1, -0.05) is 54.6 Å². The van der Waals surface area contributed by atoms with E-state index in [1.54, 1.807) is 60.7 Å². The molecule has 224 valence electrons. The predicted octanol–water partition coefficient (Wildman–Crippen LogP) is 5.50. The maximum atomic E-state index is 14.1. The minimum atomic E-state index is -4.12. The fraction of sp³-hybridized carbons (Fsp3) is 0.212. The fourth-order valence-corrected chi connectivity index (χ4v) is 5.87. The lowest BCUT2D eigenvalue weighted by Gasteiger charge is -2.27. The molecule has 4 aromatic rings. The molecule has 2 amide bonds. The summed E-state index contributed by atoms with van der Waals surface area (Å²) in [4.78, 5) is 26.7. The van der Waals surface area contributed by atoms with Gasteiger partial charge in [0, 0.05) is 19.8 Å². The van der Waals surface area contributed by atoms with Crippen LogP contribution in [0.25, 0.3) is 0 Å². The lowest BCUT2D eigenvalue weighted by atomic mass is 10.1. The van der Waals surface area contributed by atoms with Gasteiger partial charge in [0.25, 0.3) is 21.8 Å². The Hall–Kier alpha value is -4.67. The zero-order valence-corrected chi connectivity index (χ0v) is 25.0. The Morgan fingerprint density at radius 3 is 2.14 bits per heavy atom. The van der Waals surface area contributed by atoms with Gasteiger partial charge in [-0.15, -0.1) is 0 Å². The van der Waals surface area contributed by atoms with Crippen molar-refractivity contribution < 1.29 is 27.5 Å². The number of para-hydroxylation sites is 2. The van der Waals surface area contributed by atoms with Crippen molar-refractivity contribution in [3.63, 3.8) is 0 Å². The molecule has 10 heteroatoms. The number of hydrogen-bond acceptors (Lipinski definition) is 6. The Kier molecular flexibility index (Phi) is 10.9. The van der Waals surface area contributed by atoms with E-state index in [-0.39, 0.29) is 34.2 Å².